The summed E-state index contributed by atoms with van der Waals surface area (Å²) in [6, 6.07) is 15.1. The summed E-state index contributed by atoms with van der Waals surface area (Å²) >= 11 is 0. The highest BCUT2D eigenvalue weighted by molar-refractivity contribution is 5.88. The van der Waals surface area contributed by atoms with Crippen LogP contribution in [-0.2, 0) is 4.74 Å². The molecule has 0 aliphatic rings. The number of hydrogen-bond acceptors (Lipinski definition) is 5. The van der Waals surface area contributed by atoms with Crippen molar-refractivity contribution >= 4 is 5.97 Å². The number of carbonyl (C=O) groups excluding carboxylic acids is 1. The van der Waals surface area contributed by atoms with E-state index in [9.17, 15) is 4.79 Å². The molecular weight excluding hydrogens is 292 g/mol. The van der Waals surface area contributed by atoms with Crippen LogP contribution in [0.5, 0.6) is 0 Å². The zero-order chi connectivity index (χ0) is 16.2. The van der Waals surface area contributed by atoms with Crippen LogP contribution in [0.25, 0.3) is 17.1 Å². The number of nitrogens with zero attached hydrogens (tertiary/aromatic N) is 4. The molecule has 0 radical (unpaired) electrons. The van der Waals surface area contributed by atoms with Crippen LogP contribution in [0.15, 0.2) is 48.5 Å². The molecular formula is C17H16N4O2. The fraction of sp³-hybridized carbons (Fsp3) is 0.176. The SMILES string of the molecule is CCOC(=O)c1cc(C)nn1-c1ccc(-c2ccccc2)nn1. The lowest BCUT2D eigenvalue weighted by molar-refractivity contribution is 0.0515. The van der Waals surface area contributed by atoms with Gasteiger partial charge in [0.25, 0.3) is 0 Å². The van der Waals surface area contributed by atoms with E-state index in [4.69, 9.17) is 4.74 Å². The molecule has 0 unspecified atom stereocenters. The van der Waals surface area contributed by atoms with Gasteiger partial charge < -0.3 is 4.74 Å². The van der Waals surface area contributed by atoms with Crippen LogP contribution in [-0.4, -0.2) is 32.6 Å². The number of carbonyl (C=O) groups is 1. The van der Waals surface area contributed by atoms with Crippen molar-refractivity contribution < 1.29 is 9.53 Å². The lowest BCUT2D eigenvalue weighted by atomic mass is 10.1. The minimum absolute atomic E-state index is 0.307. The fourth-order valence-electron chi connectivity index (χ4n) is 2.23. The van der Waals surface area contributed by atoms with Crippen LogP contribution in [0.4, 0.5) is 0 Å². The van der Waals surface area contributed by atoms with Gasteiger partial charge in [0.15, 0.2) is 11.5 Å². The molecule has 0 atom stereocenters. The minimum atomic E-state index is -0.429. The first-order valence-corrected chi connectivity index (χ1v) is 7.32. The van der Waals surface area contributed by atoms with Crippen LogP contribution >= 0.6 is 0 Å². The van der Waals surface area contributed by atoms with Gasteiger partial charge in [-0.05, 0) is 32.0 Å². The summed E-state index contributed by atoms with van der Waals surface area (Å²) in [6.07, 6.45) is 0. The summed E-state index contributed by atoms with van der Waals surface area (Å²) in [4.78, 5) is 12.0. The molecule has 3 aromatic rings. The Bertz CT molecular complexity index is 810. The number of aromatic nitrogens is 4. The van der Waals surface area contributed by atoms with Gasteiger partial charge in [-0.1, -0.05) is 30.3 Å². The molecule has 23 heavy (non-hydrogen) atoms. The molecule has 3 rings (SSSR count). The highest BCUT2D eigenvalue weighted by atomic mass is 16.5. The Morgan fingerprint density at radius 2 is 1.91 bits per heavy atom. The third-order valence-corrected chi connectivity index (χ3v) is 3.25. The quantitative estimate of drug-likeness (QED) is 0.693. The molecule has 116 valence electrons. The van der Waals surface area contributed by atoms with Crippen LogP contribution in [0, 0.1) is 6.92 Å². The third kappa shape index (κ3) is 3.11. The van der Waals surface area contributed by atoms with Crippen molar-refractivity contribution in [3.05, 3.63) is 59.9 Å². The molecule has 2 heterocycles. The van der Waals surface area contributed by atoms with Crippen LogP contribution in [0.2, 0.25) is 0 Å². The average molecular weight is 308 g/mol. The Morgan fingerprint density at radius 3 is 2.57 bits per heavy atom. The Labute approximate surface area is 133 Å². The van der Waals surface area contributed by atoms with Gasteiger partial charge in [0.2, 0.25) is 0 Å². The second-order valence-electron chi connectivity index (χ2n) is 4.95. The van der Waals surface area contributed by atoms with E-state index in [1.807, 2.05) is 43.3 Å². The molecule has 0 aliphatic heterocycles. The van der Waals surface area contributed by atoms with Crippen LogP contribution in [0.3, 0.4) is 0 Å². The molecule has 2 aromatic heterocycles. The standard InChI is InChI=1S/C17H16N4O2/c1-3-23-17(22)15-11-12(2)20-21(15)16-10-9-14(18-19-16)13-7-5-4-6-8-13/h4-11H,3H2,1-2H3. The molecule has 6 nitrogen and oxygen atoms in total. The molecule has 0 saturated heterocycles. The minimum Gasteiger partial charge on any atom is -0.461 e. The lowest BCUT2D eigenvalue weighted by Gasteiger charge is -2.06. The second kappa shape index (κ2) is 6.39. The zero-order valence-electron chi connectivity index (χ0n) is 12.9. The van der Waals surface area contributed by atoms with Crippen molar-refractivity contribution in [1.29, 1.82) is 0 Å². The molecule has 1 aromatic carbocycles. The summed E-state index contributed by atoms with van der Waals surface area (Å²) in [5.41, 5.74) is 2.79. The zero-order valence-corrected chi connectivity index (χ0v) is 12.9. The topological polar surface area (TPSA) is 69.9 Å². The van der Waals surface area contributed by atoms with Crippen molar-refractivity contribution in [1.82, 2.24) is 20.0 Å². The smallest absolute Gasteiger partial charge is 0.357 e. The summed E-state index contributed by atoms with van der Waals surface area (Å²) in [7, 11) is 0. The van der Waals surface area contributed by atoms with E-state index in [1.165, 1.54) is 4.68 Å². The highest BCUT2D eigenvalue weighted by Crippen LogP contribution is 2.17. The lowest BCUT2D eigenvalue weighted by Crippen LogP contribution is -2.13. The largest absolute Gasteiger partial charge is 0.461 e. The van der Waals surface area contributed by atoms with Gasteiger partial charge in [0, 0.05) is 5.56 Å². The maximum atomic E-state index is 12.0. The number of hydrogen-bond donors (Lipinski definition) is 0. The van der Waals surface area contributed by atoms with Crippen molar-refractivity contribution in [3.63, 3.8) is 0 Å². The predicted octanol–water partition coefficient (Wildman–Crippen LogP) is 2.81. The summed E-state index contributed by atoms with van der Waals surface area (Å²) in [5, 5.41) is 12.7. The molecule has 0 saturated carbocycles. The number of esters is 1. The van der Waals surface area contributed by atoms with E-state index in [-0.39, 0.29) is 0 Å². The number of ether oxygens (including phenoxy) is 1. The second-order valence-corrected chi connectivity index (χ2v) is 4.95. The van der Waals surface area contributed by atoms with E-state index < -0.39 is 5.97 Å². The Kier molecular flexibility index (Phi) is 4.14. The van der Waals surface area contributed by atoms with Crippen molar-refractivity contribution in [2.75, 3.05) is 6.61 Å². The molecule has 0 bridgehead atoms. The first kappa shape index (κ1) is 14.9. The summed E-state index contributed by atoms with van der Waals surface area (Å²) in [5.74, 6) is 0.0443. The van der Waals surface area contributed by atoms with Gasteiger partial charge in [0.05, 0.1) is 18.0 Å². The van der Waals surface area contributed by atoms with Crippen LogP contribution in [0.1, 0.15) is 23.1 Å². The summed E-state index contributed by atoms with van der Waals surface area (Å²) < 4.78 is 6.50. The normalized spacial score (nSPS) is 10.5. The van der Waals surface area contributed by atoms with E-state index >= 15 is 0 Å². The van der Waals surface area contributed by atoms with E-state index in [0.717, 1.165) is 11.3 Å². The van der Waals surface area contributed by atoms with Crippen LogP contribution < -0.4 is 0 Å². The molecule has 0 aliphatic carbocycles. The van der Waals surface area contributed by atoms with E-state index in [1.54, 1.807) is 19.1 Å². The first-order valence-electron chi connectivity index (χ1n) is 7.32. The average Bonchev–Trinajstić information content (AvgIpc) is 2.98. The van der Waals surface area contributed by atoms with Crippen molar-refractivity contribution in [2.45, 2.75) is 13.8 Å². The Morgan fingerprint density at radius 1 is 1.13 bits per heavy atom. The number of benzene rings is 1. The van der Waals surface area contributed by atoms with E-state index in [2.05, 4.69) is 15.3 Å². The first-order chi connectivity index (χ1) is 11.2. The third-order valence-electron chi connectivity index (χ3n) is 3.25. The monoisotopic (exact) mass is 308 g/mol. The van der Waals surface area contributed by atoms with Crippen molar-refractivity contribution in [2.24, 2.45) is 0 Å². The van der Waals surface area contributed by atoms with Gasteiger partial charge in [-0.15, -0.1) is 10.2 Å². The number of aryl methyl sites for hydroxylation is 1. The summed E-state index contributed by atoms with van der Waals surface area (Å²) in [6.45, 7) is 3.88. The van der Waals surface area contributed by atoms with Crippen molar-refractivity contribution in [3.8, 4) is 17.1 Å². The Hall–Kier alpha value is -3.02. The van der Waals surface area contributed by atoms with E-state index in [0.29, 0.717) is 23.8 Å². The molecule has 6 heteroatoms. The Balaban J connectivity index is 1.95. The predicted molar refractivity (Wildman–Crippen MR) is 85.3 cm³/mol. The molecule has 0 N–H and O–H groups in total. The maximum Gasteiger partial charge on any atom is 0.357 e. The van der Waals surface area contributed by atoms with Gasteiger partial charge in [0.1, 0.15) is 0 Å². The molecule has 0 amide bonds. The highest BCUT2D eigenvalue weighted by Gasteiger charge is 2.17. The fourth-order valence-corrected chi connectivity index (χ4v) is 2.23. The maximum absolute atomic E-state index is 12.0. The molecule has 0 spiro atoms. The molecule has 0 fully saturated rings. The van der Waals surface area contributed by atoms with Gasteiger partial charge in [-0.3, -0.25) is 0 Å². The van der Waals surface area contributed by atoms with Gasteiger partial charge in [-0.2, -0.15) is 5.10 Å². The number of rotatable bonds is 4. The van der Waals surface area contributed by atoms with Gasteiger partial charge >= 0.3 is 5.97 Å². The van der Waals surface area contributed by atoms with Gasteiger partial charge in [-0.25, -0.2) is 9.48 Å².